The Balaban J connectivity index is 0.00000242. The van der Waals surface area contributed by atoms with Gasteiger partial charge in [0.15, 0.2) is 0 Å². The summed E-state index contributed by atoms with van der Waals surface area (Å²) in [7, 11) is 1.94. The molecule has 1 N–H and O–H groups in total. The third kappa shape index (κ3) is 4.77. The maximum atomic E-state index is 12.7. The molecule has 0 aliphatic carbocycles. The van der Waals surface area contributed by atoms with Gasteiger partial charge in [-0.25, -0.2) is 0 Å². The van der Waals surface area contributed by atoms with Gasteiger partial charge in [-0.3, -0.25) is 4.79 Å². The molecule has 124 valence electrons. The molecule has 0 saturated carbocycles. The van der Waals surface area contributed by atoms with E-state index in [1.807, 2.05) is 25.8 Å². The van der Waals surface area contributed by atoms with Crippen LogP contribution < -0.4 is 10.1 Å². The maximum absolute atomic E-state index is 12.7. The van der Waals surface area contributed by atoms with E-state index in [1.165, 1.54) is 0 Å². The highest BCUT2D eigenvalue weighted by Crippen LogP contribution is 2.27. The van der Waals surface area contributed by atoms with E-state index in [0.29, 0.717) is 22.3 Å². The van der Waals surface area contributed by atoms with Crippen LogP contribution in [0.25, 0.3) is 0 Å². The molecule has 1 aliphatic rings. The number of hydrogen-bond acceptors (Lipinski definition) is 3. The molecule has 1 atom stereocenters. The molecular weight excluding hydrogens is 323 g/mol. The number of halogens is 2. The first-order chi connectivity index (χ1) is 10.0. The van der Waals surface area contributed by atoms with E-state index >= 15 is 0 Å². The maximum Gasteiger partial charge on any atom is 0.257 e. The van der Waals surface area contributed by atoms with Gasteiger partial charge < -0.3 is 15.0 Å². The third-order valence-corrected chi connectivity index (χ3v) is 3.84. The van der Waals surface area contributed by atoms with Gasteiger partial charge in [0, 0.05) is 18.1 Å². The Morgan fingerprint density at radius 3 is 2.86 bits per heavy atom. The van der Waals surface area contributed by atoms with Gasteiger partial charge >= 0.3 is 0 Å². The number of hydrogen-bond donors (Lipinski definition) is 1. The molecule has 0 aromatic heterocycles. The van der Waals surface area contributed by atoms with Crippen molar-refractivity contribution in [1.82, 2.24) is 10.2 Å². The third-order valence-electron chi connectivity index (χ3n) is 3.60. The van der Waals surface area contributed by atoms with Gasteiger partial charge in [0.2, 0.25) is 0 Å². The molecule has 1 aliphatic heterocycles. The number of nitrogens with one attached hydrogen (secondary N) is 1. The normalized spacial score (nSPS) is 17.5. The lowest BCUT2D eigenvalue weighted by Crippen LogP contribution is -2.30. The van der Waals surface area contributed by atoms with E-state index in [4.69, 9.17) is 16.3 Å². The summed E-state index contributed by atoms with van der Waals surface area (Å²) in [6, 6.07) is 5.23. The van der Waals surface area contributed by atoms with Crippen molar-refractivity contribution in [2.75, 3.05) is 26.7 Å². The minimum absolute atomic E-state index is 0. The zero-order chi connectivity index (χ0) is 15.4. The number of nitrogens with zero attached hydrogens (tertiary/aromatic N) is 1. The number of rotatable bonds is 5. The van der Waals surface area contributed by atoms with E-state index in [9.17, 15) is 4.79 Å². The van der Waals surface area contributed by atoms with Crippen LogP contribution in [0.4, 0.5) is 0 Å². The zero-order valence-electron chi connectivity index (χ0n) is 13.3. The average Bonchev–Trinajstić information content (AvgIpc) is 2.88. The highest BCUT2D eigenvalue weighted by Gasteiger charge is 2.28. The SMILES string of the molecule is CNCC1CCN(C(=O)c2cc(Cl)ccc2OC(C)C)C1.Cl. The minimum Gasteiger partial charge on any atom is -0.490 e. The van der Waals surface area contributed by atoms with Crippen LogP contribution in [-0.2, 0) is 0 Å². The fraction of sp³-hybridized carbons (Fsp3) is 0.562. The summed E-state index contributed by atoms with van der Waals surface area (Å²) in [6.45, 7) is 6.41. The molecule has 0 spiro atoms. The summed E-state index contributed by atoms with van der Waals surface area (Å²) in [4.78, 5) is 14.6. The molecule has 0 radical (unpaired) electrons. The van der Waals surface area contributed by atoms with Crippen LogP contribution in [0.2, 0.25) is 5.02 Å². The van der Waals surface area contributed by atoms with Crippen molar-refractivity contribution in [3.05, 3.63) is 28.8 Å². The number of carbonyl (C=O) groups is 1. The Bertz CT molecular complexity index is 509. The van der Waals surface area contributed by atoms with Gasteiger partial charge in [-0.2, -0.15) is 0 Å². The lowest BCUT2D eigenvalue weighted by molar-refractivity contribution is 0.0781. The molecule has 1 saturated heterocycles. The molecule has 1 aromatic carbocycles. The van der Waals surface area contributed by atoms with Crippen LogP contribution in [-0.4, -0.2) is 43.6 Å². The van der Waals surface area contributed by atoms with Crippen molar-refractivity contribution in [3.63, 3.8) is 0 Å². The largest absolute Gasteiger partial charge is 0.490 e. The Labute approximate surface area is 143 Å². The number of carbonyl (C=O) groups excluding carboxylic acids is 1. The predicted octanol–water partition coefficient (Wildman–Crippen LogP) is 3.23. The molecule has 6 heteroatoms. The van der Waals surface area contributed by atoms with Crippen LogP contribution in [0.5, 0.6) is 5.75 Å². The Morgan fingerprint density at radius 1 is 1.50 bits per heavy atom. The number of likely N-dealkylation sites (tertiary alicyclic amines) is 1. The average molecular weight is 347 g/mol. The van der Waals surface area contributed by atoms with E-state index in [1.54, 1.807) is 18.2 Å². The highest BCUT2D eigenvalue weighted by molar-refractivity contribution is 6.31. The summed E-state index contributed by atoms with van der Waals surface area (Å²) < 4.78 is 5.74. The van der Waals surface area contributed by atoms with E-state index in [0.717, 1.165) is 26.1 Å². The van der Waals surface area contributed by atoms with Gasteiger partial charge in [0.25, 0.3) is 5.91 Å². The molecule has 1 heterocycles. The molecule has 0 bridgehead atoms. The molecule has 1 fully saturated rings. The van der Waals surface area contributed by atoms with Gasteiger partial charge in [0.05, 0.1) is 11.7 Å². The second-order valence-corrected chi connectivity index (χ2v) is 6.21. The van der Waals surface area contributed by atoms with Gasteiger partial charge in [-0.1, -0.05) is 11.6 Å². The molecule has 1 amide bonds. The summed E-state index contributed by atoms with van der Waals surface area (Å²) in [6.07, 6.45) is 1.06. The quantitative estimate of drug-likeness (QED) is 0.889. The molecular formula is C16H24Cl2N2O2. The van der Waals surface area contributed by atoms with Crippen LogP contribution in [0.15, 0.2) is 18.2 Å². The molecule has 4 nitrogen and oxygen atoms in total. The highest BCUT2D eigenvalue weighted by atomic mass is 35.5. The molecule has 1 unspecified atom stereocenters. The summed E-state index contributed by atoms with van der Waals surface area (Å²) in [5.74, 6) is 1.14. The zero-order valence-corrected chi connectivity index (χ0v) is 14.8. The number of amides is 1. The Kier molecular flexibility index (Phi) is 7.46. The monoisotopic (exact) mass is 346 g/mol. The lowest BCUT2D eigenvalue weighted by atomic mass is 10.1. The van der Waals surface area contributed by atoms with Gasteiger partial charge in [0.1, 0.15) is 5.75 Å². The number of benzene rings is 1. The fourth-order valence-electron chi connectivity index (χ4n) is 2.67. The smallest absolute Gasteiger partial charge is 0.257 e. The van der Waals surface area contributed by atoms with E-state index in [2.05, 4.69) is 5.32 Å². The van der Waals surface area contributed by atoms with Crippen molar-refractivity contribution >= 4 is 29.9 Å². The standard InChI is InChI=1S/C16H23ClN2O2.ClH/c1-11(2)21-15-5-4-13(17)8-14(15)16(20)19-7-6-12(10-19)9-18-3;/h4-5,8,11-12,18H,6-7,9-10H2,1-3H3;1H. The molecule has 22 heavy (non-hydrogen) atoms. The Hall–Kier alpha value is -0.970. The summed E-state index contributed by atoms with van der Waals surface area (Å²) in [5, 5.41) is 3.73. The van der Waals surface area contributed by atoms with Crippen LogP contribution in [0.1, 0.15) is 30.6 Å². The van der Waals surface area contributed by atoms with Crippen LogP contribution in [0.3, 0.4) is 0 Å². The van der Waals surface area contributed by atoms with E-state index < -0.39 is 0 Å². The summed E-state index contributed by atoms with van der Waals surface area (Å²) in [5.41, 5.74) is 0.557. The van der Waals surface area contributed by atoms with Crippen LogP contribution in [0, 0.1) is 5.92 Å². The summed E-state index contributed by atoms with van der Waals surface area (Å²) >= 11 is 6.05. The van der Waals surface area contributed by atoms with Crippen molar-refractivity contribution in [2.24, 2.45) is 5.92 Å². The van der Waals surface area contributed by atoms with Gasteiger partial charge in [-0.15, -0.1) is 12.4 Å². The number of ether oxygens (including phenoxy) is 1. The van der Waals surface area contributed by atoms with E-state index in [-0.39, 0.29) is 24.4 Å². The second kappa shape index (κ2) is 8.61. The lowest BCUT2D eigenvalue weighted by Gasteiger charge is -2.20. The first kappa shape index (κ1) is 19.1. The Morgan fingerprint density at radius 2 is 2.23 bits per heavy atom. The minimum atomic E-state index is 0. The van der Waals surface area contributed by atoms with Gasteiger partial charge in [-0.05, 0) is 58.0 Å². The predicted molar refractivity (Wildman–Crippen MR) is 92.4 cm³/mol. The van der Waals surface area contributed by atoms with Crippen LogP contribution >= 0.6 is 24.0 Å². The molecule has 1 aromatic rings. The van der Waals surface area contributed by atoms with Crippen molar-refractivity contribution in [3.8, 4) is 5.75 Å². The first-order valence-corrected chi connectivity index (χ1v) is 7.79. The fourth-order valence-corrected chi connectivity index (χ4v) is 2.84. The molecule has 2 rings (SSSR count). The first-order valence-electron chi connectivity index (χ1n) is 7.41. The van der Waals surface area contributed by atoms with Crippen molar-refractivity contribution in [1.29, 1.82) is 0 Å². The van der Waals surface area contributed by atoms with Crippen molar-refractivity contribution < 1.29 is 9.53 Å². The topological polar surface area (TPSA) is 41.6 Å². The van der Waals surface area contributed by atoms with Crippen molar-refractivity contribution in [2.45, 2.75) is 26.4 Å². The second-order valence-electron chi connectivity index (χ2n) is 5.77.